The Hall–Kier alpha value is -3.08. The van der Waals surface area contributed by atoms with E-state index in [2.05, 4.69) is 5.32 Å². The van der Waals surface area contributed by atoms with Gasteiger partial charge in [-0.25, -0.2) is 4.57 Å². The molecule has 4 rings (SSSR count). The van der Waals surface area contributed by atoms with E-state index in [-0.39, 0.29) is 23.1 Å². The van der Waals surface area contributed by atoms with Gasteiger partial charge in [-0.3, -0.25) is 19.4 Å². The number of carbonyl (C=O) groups excluding carboxylic acids is 1. The molecule has 0 saturated heterocycles. The summed E-state index contributed by atoms with van der Waals surface area (Å²) in [5.74, 6) is -0.614. The van der Waals surface area contributed by atoms with Crippen LogP contribution >= 0.6 is 18.2 Å². The second kappa shape index (κ2) is 10.7. The number of carbonyl (C=O) groups is 1. The summed E-state index contributed by atoms with van der Waals surface area (Å²) in [5.41, 5.74) is -0.465. The molecule has 1 aliphatic heterocycles. The Balaban J connectivity index is 1.67. The van der Waals surface area contributed by atoms with Crippen molar-refractivity contribution in [3.63, 3.8) is 0 Å². The maximum atomic E-state index is 13.8. The average molecular weight is 554 g/mol. The smallest absolute Gasteiger partial charge is 0.417 e. The van der Waals surface area contributed by atoms with Crippen LogP contribution in [0.1, 0.15) is 25.3 Å². The summed E-state index contributed by atoms with van der Waals surface area (Å²) < 4.78 is 64.0. The van der Waals surface area contributed by atoms with Gasteiger partial charge >= 0.3 is 13.0 Å². The summed E-state index contributed by atoms with van der Waals surface area (Å²) in [6.07, 6.45) is 4.83. The van der Waals surface area contributed by atoms with Gasteiger partial charge in [0, 0.05) is 11.3 Å². The Bertz CT molecular complexity index is 1300. The summed E-state index contributed by atoms with van der Waals surface area (Å²) in [6.45, 7) is -2.27. The van der Waals surface area contributed by atoms with Crippen molar-refractivity contribution < 1.29 is 36.5 Å². The van der Waals surface area contributed by atoms with Crippen molar-refractivity contribution in [2.24, 2.45) is 0 Å². The van der Waals surface area contributed by atoms with Crippen molar-refractivity contribution >= 4 is 24.0 Å². The molecule has 2 aliphatic carbocycles. The number of allylic oxidation sites excluding steroid dienone is 2. The van der Waals surface area contributed by atoms with Crippen molar-refractivity contribution in [2.75, 3.05) is 5.75 Å². The summed E-state index contributed by atoms with van der Waals surface area (Å²) in [6, 6.07) is 3.24. The molecule has 0 bridgehead atoms. The minimum absolute atomic E-state index is 0.0583. The molecular formula is C24H22F3N2O6PS. The third-order valence-electron chi connectivity index (χ3n) is 5.63. The number of halogens is 3. The lowest BCUT2D eigenvalue weighted by atomic mass is 9.87. The maximum absolute atomic E-state index is 13.8. The first-order valence-corrected chi connectivity index (χ1v) is 14.4. The highest BCUT2D eigenvalue weighted by Gasteiger charge is 2.44. The molecule has 13 heteroatoms. The second-order valence-corrected chi connectivity index (χ2v) is 12.3. The number of alkyl halides is 3. The second-order valence-electron chi connectivity index (χ2n) is 8.26. The lowest BCUT2D eigenvalue weighted by Crippen LogP contribution is -2.41. The van der Waals surface area contributed by atoms with E-state index in [0.29, 0.717) is 17.7 Å². The molecule has 1 aromatic carbocycles. The Morgan fingerprint density at radius 1 is 1.19 bits per heavy atom. The highest BCUT2D eigenvalue weighted by molar-refractivity contribution is 8.55. The fourth-order valence-electron chi connectivity index (χ4n) is 3.80. The molecule has 0 radical (unpaired) electrons. The third-order valence-corrected chi connectivity index (χ3v) is 9.30. The number of unbranched alkanes of at least 4 members (excludes halogenated alkanes) is 1. The van der Waals surface area contributed by atoms with E-state index >= 15 is 0 Å². The molecule has 1 heterocycles. The molecule has 0 amide bonds. The van der Waals surface area contributed by atoms with Gasteiger partial charge < -0.3 is 9.84 Å². The molecular weight excluding hydrogens is 532 g/mol. The van der Waals surface area contributed by atoms with Crippen LogP contribution in [0, 0.1) is 10.1 Å². The molecule has 0 aromatic heterocycles. The Morgan fingerprint density at radius 2 is 1.92 bits per heavy atom. The molecule has 1 N–H and O–H groups in total. The van der Waals surface area contributed by atoms with Crippen LogP contribution < -0.4 is 9.84 Å². The number of fused-ring (bicyclic) bond motifs is 1. The fourth-order valence-corrected chi connectivity index (χ4v) is 7.36. The topological polar surface area (TPSA) is 108 Å². The standard InChI is InChI=1S/C24H22F3N2O6PS/c1-2-3-12-37-36(33,34-17-10-8-16(9-11-17)24(25,26)27)35-23-18-13-15-6-4-5-7-19(15)28-22(18)20(29(31)32)14-21(23)30/h4-11,13-14,19,23,28H,2-3,12H2,1H3. The van der Waals surface area contributed by atoms with Gasteiger partial charge in [-0.1, -0.05) is 37.6 Å². The van der Waals surface area contributed by atoms with Gasteiger partial charge in [-0.05, 0) is 53.7 Å². The molecule has 3 unspecified atom stereocenters. The number of benzene rings is 1. The Kier molecular flexibility index (Phi) is 7.82. The quantitative estimate of drug-likeness (QED) is 0.168. The summed E-state index contributed by atoms with van der Waals surface area (Å²) >= 11 is 0.811. The van der Waals surface area contributed by atoms with Crippen molar-refractivity contribution in [3.8, 4) is 5.75 Å². The Labute approximate surface area is 214 Å². The predicted octanol–water partition coefficient (Wildman–Crippen LogP) is 6.13. The molecule has 0 saturated carbocycles. The molecule has 196 valence electrons. The molecule has 3 atom stereocenters. The van der Waals surface area contributed by atoms with E-state index in [1.54, 1.807) is 30.4 Å². The SMILES string of the molecule is CCCCSP(=O)(Oc1ccc(C(F)(F)F)cc1)OC1C(=O)C=C([N+](=O)[O-])C2=C1C=C1C=CC=CC1N2. The zero-order valence-corrected chi connectivity index (χ0v) is 21.1. The average Bonchev–Trinajstić information content (AvgIpc) is 2.84. The van der Waals surface area contributed by atoms with E-state index < -0.39 is 41.0 Å². The van der Waals surface area contributed by atoms with E-state index in [1.165, 1.54) is 0 Å². The molecule has 3 aliphatic rings. The minimum atomic E-state index is -4.56. The highest BCUT2D eigenvalue weighted by atomic mass is 32.7. The van der Waals surface area contributed by atoms with Gasteiger partial charge in [-0.2, -0.15) is 13.2 Å². The van der Waals surface area contributed by atoms with Crippen LogP contribution in [0.2, 0.25) is 0 Å². The van der Waals surface area contributed by atoms with Crippen molar-refractivity contribution in [2.45, 2.75) is 38.1 Å². The third kappa shape index (κ3) is 6.08. The minimum Gasteiger partial charge on any atom is -0.417 e. The Morgan fingerprint density at radius 3 is 2.57 bits per heavy atom. The van der Waals surface area contributed by atoms with Crippen LogP contribution in [0.5, 0.6) is 5.75 Å². The predicted molar refractivity (Wildman–Crippen MR) is 132 cm³/mol. The number of hydrogen-bond donors (Lipinski definition) is 1. The fraction of sp³-hybridized carbons (Fsp3) is 0.292. The lowest BCUT2D eigenvalue weighted by Gasteiger charge is -2.32. The number of nitrogens with one attached hydrogen (secondary N) is 1. The van der Waals surface area contributed by atoms with E-state index in [9.17, 15) is 32.6 Å². The van der Waals surface area contributed by atoms with Gasteiger partial charge in [0.25, 0.3) is 5.70 Å². The normalized spacial score (nSPS) is 22.3. The first-order valence-electron chi connectivity index (χ1n) is 11.3. The first-order chi connectivity index (χ1) is 17.5. The maximum Gasteiger partial charge on any atom is 0.441 e. The zero-order chi connectivity index (χ0) is 26.8. The van der Waals surface area contributed by atoms with E-state index in [0.717, 1.165) is 48.1 Å². The highest BCUT2D eigenvalue weighted by Crippen LogP contribution is 2.62. The van der Waals surface area contributed by atoms with Crippen molar-refractivity contribution in [3.05, 3.63) is 98.9 Å². The van der Waals surface area contributed by atoms with Gasteiger partial charge in [0.2, 0.25) is 0 Å². The van der Waals surface area contributed by atoms with Gasteiger partial charge in [0.15, 0.2) is 11.9 Å². The number of hydrogen-bond acceptors (Lipinski definition) is 8. The summed E-state index contributed by atoms with van der Waals surface area (Å²) in [4.78, 5) is 24.0. The van der Waals surface area contributed by atoms with Gasteiger partial charge in [-0.15, -0.1) is 0 Å². The van der Waals surface area contributed by atoms with Crippen LogP contribution in [0.3, 0.4) is 0 Å². The molecule has 0 spiro atoms. The zero-order valence-electron chi connectivity index (χ0n) is 19.4. The van der Waals surface area contributed by atoms with Crippen LogP contribution in [0.25, 0.3) is 0 Å². The van der Waals surface area contributed by atoms with Gasteiger partial charge in [0.05, 0.1) is 22.6 Å². The number of nitrogens with zero attached hydrogens (tertiary/aromatic N) is 1. The lowest BCUT2D eigenvalue weighted by molar-refractivity contribution is -0.421. The number of rotatable bonds is 9. The van der Waals surface area contributed by atoms with Crippen molar-refractivity contribution in [1.82, 2.24) is 5.32 Å². The van der Waals surface area contributed by atoms with E-state index in [1.807, 2.05) is 6.92 Å². The summed E-state index contributed by atoms with van der Waals surface area (Å²) in [5, 5.41) is 14.7. The van der Waals surface area contributed by atoms with Crippen LogP contribution in [0.15, 0.2) is 83.3 Å². The molecule has 0 fully saturated rings. The van der Waals surface area contributed by atoms with Crippen LogP contribution in [0.4, 0.5) is 13.2 Å². The number of dihydropyridines is 1. The van der Waals surface area contributed by atoms with Crippen molar-refractivity contribution in [1.29, 1.82) is 0 Å². The van der Waals surface area contributed by atoms with E-state index in [4.69, 9.17) is 9.05 Å². The monoisotopic (exact) mass is 554 g/mol. The molecule has 1 aromatic rings. The number of ketones is 1. The largest absolute Gasteiger partial charge is 0.441 e. The first kappa shape index (κ1) is 27.0. The molecule has 8 nitrogen and oxygen atoms in total. The van der Waals surface area contributed by atoms with Crippen LogP contribution in [-0.4, -0.2) is 28.6 Å². The molecule has 37 heavy (non-hydrogen) atoms. The van der Waals surface area contributed by atoms with Gasteiger partial charge in [0.1, 0.15) is 11.4 Å². The van der Waals surface area contributed by atoms with Crippen LogP contribution in [-0.2, 0) is 20.1 Å². The summed E-state index contributed by atoms with van der Waals surface area (Å²) in [7, 11) is 0. The number of nitro groups is 1.